The number of pyridine rings is 1. The Kier molecular flexibility index (Phi) is 4.07. The molecule has 92 valence electrons. The first-order valence-corrected chi connectivity index (χ1v) is 5.99. The van der Waals surface area contributed by atoms with E-state index in [1.807, 2.05) is 42.7 Å². The van der Waals surface area contributed by atoms with E-state index < -0.39 is 0 Å². The van der Waals surface area contributed by atoms with Crippen LogP contribution in [0.4, 0.5) is 0 Å². The summed E-state index contributed by atoms with van der Waals surface area (Å²) in [6.07, 6.45) is 4.03. The van der Waals surface area contributed by atoms with Gasteiger partial charge in [-0.2, -0.15) is 0 Å². The van der Waals surface area contributed by atoms with Crippen LogP contribution in [0.1, 0.15) is 22.8 Å². The van der Waals surface area contributed by atoms with Crippen LogP contribution in [0.25, 0.3) is 0 Å². The van der Waals surface area contributed by atoms with Crippen molar-refractivity contribution in [1.82, 2.24) is 0 Å². The first-order valence-electron chi connectivity index (χ1n) is 5.99. The predicted octanol–water partition coefficient (Wildman–Crippen LogP) is 2.20. The maximum absolute atomic E-state index is 11.5. The molecule has 3 heteroatoms. The van der Waals surface area contributed by atoms with Crippen molar-refractivity contribution in [2.75, 3.05) is 6.61 Å². The number of hydrogen-bond donors (Lipinski definition) is 0. The van der Waals surface area contributed by atoms with Crippen LogP contribution in [0, 0.1) is 0 Å². The minimum atomic E-state index is -0.267. The first kappa shape index (κ1) is 12.3. The van der Waals surface area contributed by atoms with Gasteiger partial charge in [-0.15, -0.1) is 0 Å². The number of rotatable bonds is 4. The molecule has 0 unspecified atom stereocenters. The second kappa shape index (κ2) is 5.96. The highest BCUT2D eigenvalue weighted by atomic mass is 16.5. The molecule has 1 aromatic carbocycles. The molecule has 0 aliphatic rings. The lowest BCUT2D eigenvalue weighted by Gasteiger charge is -2.02. The highest BCUT2D eigenvalue weighted by molar-refractivity contribution is 5.89. The molecule has 18 heavy (non-hydrogen) atoms. The van der Waals surface area contributed by atoms with Gasteiger partial charge < -0.3 is 4.74 Å². The van der Waals surface area contributed by atoms with E-state index in [-0.39, 0.29) is 5.97 Å². The summed E-state index contributed by atoms with van der Waals surface area (Å²) in [6, 6.07) is 13.5. The van der Waals surface area contributed by atoms with Crippen molar-refractivity contribution >= 4 is 5.97 Å². The molecule has 0 saturated carbocycles. The van der Waals surface area contributed by atoms with E-state index in [2.05, 4.69) is 4.57 Å². The third kappa shape index (κ3) is 3.17. The van der Waals surface area contributed by atoms with E-state index >= 15 is 0 Å². The van der Waals surface area contributed by atoms with Gasteiger partial charge in [-0.05, 0) is 19.1 Å². The SMILES string of the molecule is CCOC(=O)c1ccc(C[n+]2ccccc2)cc1. The molecule has 0 saturated heterocycles. The molecule has 3 nitrogen and oxygen atoms in total. The lowest BCUT2D eigenvalue weighted by atomic mass is 10.1. The van der Waals surface area contributed by atoms with Crippen LogP contribution >= 0.6 is 0 Å². The summed E-state index contributed by atoms with van der Waals surface area (Å²) in [5.74, 6) is -0.267. The van der Waals surface area contributed by atoms with Crippen LogP contribution in [0.15, 0.2) is 54.9 Å². The number of carbonyl (C=O) groups excluding carboxylic acids is 1. The summed E-state index contributed by atoms with van der Waals surface area (Å²) < 4.78 is 7.02. The number of hydrogen-bond acceptors (Lipinski definition) is 2. The van der Waals surface area contributed by atoms with Crippen molar-refractivity contribution < 1.29 is 14.1 Å². The Bertz CT molecular complexity index is 506. The lowest BCUT2D eigenvalue weighted by molar-refractivity contribution is -0.688. The summed E-state index contributed by atoms with van der Waals surface area (Å²) in [5, 5.41) is 0. The third-order valence-electron chi connectivity index (χ3n) is 2.61. The Morgan fingerprint density at radius 1 is 1.11 bits per heavy atom. The zero-order valence-electron chi connectivity index (χ0n) is 10.4. The summed E-state index contributed by atoms with van der Waals surface area (Å²) in [7, 11) is 0. The van der Waals surface area contributed by atoms with E-state index in [1.165, 1.54) is 0 Å². The van der Waals surface area contributed by atoms with Crippen molar-refractivity contribution in [3.8, 4) is 0 Å². The van der Waals surface area contributed by atoms with E-state index in [4.69, 9.17) is 4.74 Å². The highest BCUT2D eigenvalue weighted by Gasteiger charge is 2.07. The van der Waals surface area contributed by atoms with Gasteiger partial charge in [-0.3, -0.25) is 0 Å². The van der Waals surface area contributed by atoms with Gasteiger partial charge in [-0.1, -0.05) is 18.2 Å². The molecule has 0 bridgehead atoms. The van der Waals surface area contributed by atoms with Gasteiger partial charge in [0.15, 0.2) is 18.9 Å². The number of ether oxygens (including phenoxy) is 1. The number of benzene rings is 1. The molecule has 0 amide bonds. The summed E-state index contributed by atoms with van der Waals surface area (Å²) in [4.78, 5) is 11.5. The van der Waals surface area contributed by atoms with E-state index in [0.29, 0.717) is 12.2 Å². The van der Waals surface area contributed by atoms with Gasteiger partial charge >= 0.3 is 5.97 Å². The van der Waals surface area contributed by atoms with Crippen LogP contribution in [-0.4, -0.2) is 12.6 Å². The van der Waals surface area contributed by atoms with Gasteiger partial charge in [0.25, 0.3) is 0 Å². The maximum atomic E-state index is 11.5. The molecule has 0 fully saturated rings. The van der Waals surface area contributed by atoms with Crippen LogP contribution in [0.5, 0.6) is 0 Å². The maximum Gasteiger partial charge on any atom is 0.338 e. The predicted molar refractivity (Wildman–Crippen MR) is 68.1 cm³/mol. The molecular weight excluding hydrogens is 226 g/mol. The number of nitrogens with zero attached hydrogens (tertiary/aromatic N) is 1. The summed E-state index contributed by atoms with van der Waals surface area (Å²) in [6.45, 7) is 3.00. The van der Waals surface area contributed by atoms with Crippen molar-refractivity contribution in [1.29, 1.82) is 0 Å². The summed E-state index contributed by atoms with van der Waals surface area (Å²) >= 11 is 0. The van der Waals surface area contributed by atoms with E-state index in [1.54, 1.807) is 19.1 Å². The van der Waals surface area contributed by atoms with Crippen molar-refractivity contribution in [3.05, 3.63) is 66.0 Å². The van der Waals surface area contributed by atoms with Gasteiger partial charge in [0.05, 0.1) is 12.2 Å². The average Bonchev–Trinajstić information content (AvgIpc) is 2.41. The Morgan fingerprint density at radius 3 is 2.39 bits per heavy atom. The fourth-order valence-electron chi connectivity index (χ4n) is 1.71. The zero-order valence-corrected chi connectivity index (χ0v) is 10.4. The number of esters is 1. The van der Waals surface area contributed by atoms with Gasteiger partial charge in [0, 0.05) is 17.7 Å². The van der Waals surface area contributed by atoms with Crippen molar-refractivity contribution in [3.63, 3.8) is 0 Å². The third-order valence-corrected chi connectivity index (χ3v) is 2.61. The van der Waals surface area contributed by atoms with Crippen LogP contribution < -0.4 is 4.57 Å². The van der Waals surface area contributed by atoms with Crippen LogP contribution in [0.2, 0.25) is 0 Å². The Hall–Kier alpha value is -2.16. The molecule has 0 aliphatic carbocycles. The van der Waals surface area contributed by atoms with Gasteiger partial charge in [0.2, 0.25) is 0 Å². The van der Waals surface area contributed by atoms with Gasteiger partial charge in [-0.25, -0.2) is 9.36 Å². The monoisotopic (exact) mass is 242 g/mol. The van der Waals surface area contributed by atoms with Gasteiger partial charge in [0.1, 0.15) is 0 Å². The molecule has 2 aromatic rings. The topological polar surface area (TPSA) is 30.2 Å². The molecule has 1 heterocycles. The Labute approximate surface area is 107 Å². The van der Waals surface area contributed by atoms with Crippen LogP contribution in [0.3, 0.4) is 0 Å². The lowest BCUT2D eigenvalue weighted by Crippen LogP contribution is -2.32. The average molecular weight is 242 g/mol. The Morgan fingerprint density at radius 2 is 1.78 bits per heavy atom. The highest BCUT2D eigenvalue weighted by Crippen LogP contribution is 2.05. The van der Waals surface area contributed by atoms with Crippen molar-refractivity contribution in [2.24, 2.45) is 0 Å². The van der Waals surface area contributed by atoms with Crippen molar-refractivity contribution in [2.45, 2.75) is 13.5 Å². The molecule has 2 rings (SSSR count). The molecule has 1 aromatic heterocycles. The second-order valence-electron chi connectivity index (χ2n) is 3.97. The molecule has 0 aliphatic heterocycles. The first-order chi connectivity index (χ1) is 8.79. The molecule has 0 N–H and O–H groups in total. The Balaban J connectivity index is 2.06. The molecule has 0 radical (unpaired) electrons. The summed E-state index contributed by atoms with van der Waals surface area (Å²) in [5.41, 5.74) is 1.75. The van der Waals surface area contributed by atoms with E-state index in [0.717, 1.165) is 12.1 Å². The minimum Gasteiger partial charge on any atom is -0.462 e. The minimum absolute atomic E-state index is 0.267. The standard InChI is InChI=1S/C15H16NO2/c1-2-18-15(17)14-8-6-13(7-9-14)12-16-10-4-3-5-11-16/h3-11H,2,12H2,1H3/q+1. The molecule has 0 atom stereocenters. The molecular formula is C15H16NO2+. The fraction of sp³-hybridized carbons (Fsp3) is 0.200. The quantitative estimate of drug-likeness (QED) is 0.607. The zero-order chi connectivity index (χ0) is 12.8. The molecule has 0 spiro atoms. The van der Waals surface area contributed by atoms with Crippen LogP contribution in [-0.2, 0) is 11.3 Å². The second-order valence-corrected chi connectivity index (χ2v) is 3.97. The fourth-order valence-corrected chi connectivity index (χ4v) is 1.71. The van der Waals surface area contributed by atoms with E-state index in [9.17, 15) is 4.79 Å². The largest absolute Gasteiger partial charge is 0.462 e. The smallest absolute Gasteiger partial charge is 0.338 e. The number of carbonyl (C=O) groups is 1. The number of aromatic nitrogens is 1. The normalized spacial score (nSPS) is 10.1.